The van der Waals surface area contributed by atoms with Crippen molar-refractivity contribution < 1.29 is 9.18 Å². The highest BCUT2D eigenvalue weighted by Gasteiger charge is 2.23. The van der Waals surface area contributed by atoms with Crippen molar-refractivity contribution >= 4 is 22.6 Å². The molecular formula is C17H16FN5O. The van der Waals surface area contributed by atoms with Crippen LogP contribution in [0, 0.1) is 5.82 Å². The average molecular weight is 325 g/mol. The summed E-state index contributed by atoms with van der Waals surface area (Å²) in [5.74, 6) is -0.262. The first kappa shape index (κ1) is 14.6. The van der Waals surface area contributed by atoms with Gasteiger partial charge >= 0.3 is 0 Å². The summed E-state index contributed by atoms with van der Waals surface area (Å²) in [5, 5.41) is 10.5. The van der Waals surface area contributed by atoms with Gasteiger partial charge in [-0.2, -0.15) is 15.4 Å². The number of anilines is 1. The molecule has 7 heteroatoms. The number of aromatic amines is 1. The lowest BCUT2D eigenvalue weighted by Gasteiger charge is -2.36. The molecule has 3 aromatic rings. The van der Waals surface area contributed by atoms with Gasteiger partial charge in [-0.15, -0.1) is 0 Å². The number of para-hydroxylation sites is 1. The molecule has 0 bridgehead atoms. The Labute approximate surface area is 137 Å². The minimum atomic E-state index is -0.228. The third kappa shape index (κ3) is 2.58. The van der Waals surface area contributed by atoms with E-state index in [2.05, 4.69) is 15.4 Å². The summed E-state index contributed by atoms with van der Waals surface area (Å²) < 4.78 is 13.9. The quantitative estimate of drug-likeness (QED) is 0.783. The number of nitrogens with one attached hydrogen (secondary N) is 1. The Morgan fingerprint density at radius 2 is 1.75 bits per heavy atom. The van der Waals surface area contributed by atoms with E-state index in [1.54, 1.807) is 35.2 Å². The maximum Gasteiger partial charge on any atom is 0.254 e. The lowest BCUT2D eigenvalue weighted by Crippen LogP contribution is -2.49. The van der Waals surface area contributed by atoms with Crippen LogP contribution in [0.15, 0.2) is 42.5 Å². The molecule has 2 aromatic carbocycles. The predicted octanol–water partition coefficient (Wildman–Crippen LogP) is 2.06. The summed E-state index contributed by atoms with van der Waals surface area (Å²) >= 11 is 0. The van der Waals surface area contributed by atoms with Crippen LogP contribution in [0.1, 0.15) is 10.4 Å². The molecule has 0 saturated carbocycles. The van der Waals surface area contributed by atoms with Gasteiger partial charge in [0.05, 0.1) is 5.69 Å². The Morgan fingerprint density at radius 1 is 1.00 bits per heavy atom. The molecule has 1 aliphatic heterocycles. The number of nitrogens with zero attached hydrogens (tertiary/aromatic N) is 4. The Kier molecular flexibility index (Phi) is 3.60. The van der Waals surface area contributed by atoms with E-state index in [9.17, 15) is 9.18 Å². The van der Waals surface area contributed by atoms with Crippen molar-refractivity contribution in [2.24, 2.45) is 0 Å². The molecule has 2 heterocycles. The van der Waals surface area contributed by atoms with Gasteiger partial charge in [-0.05, 0) is 30.3 Å². The highest BCUT2D eigenvalue weighted by molar-refractivity contribution is 5.97. The summed E-state index contributed by atoms with van der Waals surface area (Å²) in [6.07, 6.45) is 0. The Balaban J connectivity index is 1.47. The first-order chi connectivity index (χ1) is 11.7. The van der Waals surface area contributed by atoms with E-state index in [0.717, 1.165) is 5.52 Å². The molecule has 0 aliphatic carbocycles. The van der Waals surface area contributed by atoms with Crippen LogP contribution in [0.25, 0.3) is 11.0 Å². The number of benzene rings is 2. The van der Waals surface area contributed by atoms with Crippen LogP contribution in [-0.4, -0.2) is 52.4 Å². The molecule has 0 spiro atoms. The van der Waals surface area contributed by atoms with Crippen LogP contribution in [-0.2, 0) is 0 Å². The molecule has 1 amide bonds. The van der Waals surface area contributed by atoms with Gasteiger partial charge in [0.1, 0.15) is 16.9 Å². The number of aromatic nitrogens is 3. The second kappa shape index (κ2) is 5.92. The largest absolute Gasteiger partial charge is 0.366 e. The second-order valence-electron chi connectivity index (χ2n) is 5.76. The van der Waals surface area contributed by atoms with E-state index in [1.807, 2.05) is 11.0 Å². The second-order valence-corrected chi connectivity index (χ2v) is 5.76. The maximum absolute atomic E-state index is 13.9. The number of fused-ring (bicyclic) bond motifs is 1. The summed E-state index contributed by atoms with van der Waals surface area (Å²) in [6, 6.07) is 12.0. The molecule has 24 heavy (non-hydrogen) atoms. The van der Waals surface area contributed by atoms with E-state index in [0.29, 0.717) is 42.9 Å². The average Bonchev–Trinajstić information content (AvgIpc) is 3.09. The van der Waals surface area contributed by atoms with Gasteiger partial charge < -0.3 is 9.80 Å². The highest BCUT2D eigenvalue weighted by Crippen LogP contribution is 2.21. The SMILES string of the molecule is O=C(c1ccc2n[nH]nc2c1)N1CCN(c2ccccc2F)CC1. The number of H-pyrrole nitrogens is 1. The van der Waals surface area contributed by atoms with Crippen LogP contribution < -0.4 is 4.90 Å². The third-order valence-corrected chi connectivity index (χ3v) is 4.32. The third-order valence-electron chi connectivity index (χ3n) is 4.32. The van der Waals surface area contributed by atoms with Crippen LogP contribution in [0.3, 0.4) is 0 Å². The van der Waals surface area contributed by atoms with E-state index >= 15 is 0 Å². The molecule has 0 radical (unpaired) electrons. The molecule has 0 atom stereocenters. The topological polar surface area (TPSA) is 65.1 Å². The fraction of sp³-hybridized carbons (Fsp3) is 0.235. The molecule has 1 N–H and O–H groups in total. The van der Waals surface area contributed by atoms with Crippen molar-refractivity contribution in [3.05, 3.63) is 53.8 Å². The van der Waals surface area contributed by atoms with Crippen LogP contribution in [0.4, 0.5) is 10.1 Å². The zero-order chi connectivity index (χ0) is 16.5. The lowest BCUT2D eigenvalue weighted by atomic mass is 10.1. The minimum absolute atomic E-state index is 0.0342. The molecule has 4 rings (SSSR count). The number of piperazine rings is 1. The first-order valence-electron chi connectivity index (χ1n) is 7.82. The summed E-state index contributed by atoms with van der Waals surface area (Å²) in [4.78, 5) is 16.4. The Hall–Kier alpha value is -2.96. The number of halogens is 1. The number of carbonyl (C=O) groups excluding carboxylic acids is 1. The van der Waals surface area contributed by atoms with E-state index in [4.69, 9.17) is 0 Å². The van der Waals surface area contributed by atoms with Crippen LogP contribution in [0.2, 0.25) is 0 Å². The molecule has 1 saturated heterocycles. The van der Waals surface area contributed by atoms with Gasteiger partial charge in [0.15, 0.2) is 0 Å². The zero-order valence-corrected chi connectivity index (χ0v) is 12.9. The molecule has 0 unspecified atom stereocenters. The summed E-state index contributed by atoms with van der Waals surface area (Å²) in [7, 11) is 0. The van der Waals surface area contributed by atoms with Crippen LogP contribution >= 0.6 is 0 Å². The fourth-order valence-corrected chi connectivity index (χ4v) is 3.01. The normalized spacial score (nSPS) is 15.0. The monoisotopic (exact) mass is 325 g/mol. The predicted molar refractivity (Wildman–Crippen MR) is 88.4 cm³/mol. The fourth-order valence-electron chi connectivity index (χ4n) is 3.01. The van der Waals surface area contributed by atoms with Gasteiger partial charge in [-0.25, -0.2) is 4.39 Å². The van der Waals surface area contributed by atoms with Crippen molar-refractivity contribution in [3.63, 3.8) is 0 Å². The maximum atomic E-state index is 13.9. The van der Waals surface area contributed by atoms with Crippen molar-refractivity contribution in [3.8, 4) is 0 Å². The number of rotatable bonds is 2. The zero-order valence-electron chi connectivity index (χ0n) is 12.9. The number of amides is 1. The van der Waals surface area contributed by atoms with Gasteiger partial charge in [0.25, 0.3) is 5.91 Å². The lowest BCUT2D eigenvalue weighted by molar-refractivity contribution is 0.0747. The number of hydrogen-bond donors (Lipinski definition) is 1. The smallest absolute Gasteiger partial charge is 0.254 e. The molecular weight excluding hydrogens is 309 g/mol. The minimum Gasteiger partial charge on any atom is -0.366 e. The van der Waals surface area contributed by atoms with E-state index in [1.165, 1.54) is 6.07 Å². The molecule has 1 aliphatic rings. The molecule has 1 aromatic heterocycles. The van der Waals surface area contributed by atoms with E-state index < -0.39 is 0 Å². The van der Waals surface area contributed by atoms with Crippen molar-refractivity contribution in [2.75, 3.05) is 31.1 Å². The first-order valence-corrected chi connectivity index (χ1v) is 7.82. The number of carbonyl (C=O) groups is 1. The molecule has 1 fully saturated rings. The van der Waals surface area contributed by atoms with Crippen molar-refractivity contribution in [2.45, 2.75) is 0 Å². The van der Waals surface area contributed by atoms with Gasteiger partial charge in [0.2, 0.25) is 0 Å². The summed E-state index contributed by atoms with van der Waals surface area (Å²) in [6.45, 7) is 2.34. The van der Waals surface area contributed by atoms with Gasteiger partial charge in [-0.1, -0.05) is 12.1 Å². The van der Waals surface area contributed by atoms with Gasteiger partial charge in [0, 0.05) is 31.7 Å². The highest BCUT2D eigenvalue weighted by atomic mass is 19.1. The van der Waals surface area contributed by atoms with Crippen LogP contribution in [0.5, 0.6) is 0 Å². The van der Waals surface area contributed by atoms with Crippen molar-refractivity contribution in [1.82, 2.24) is 20.3 Å². The number of hydrogen-bond acceptors (Lipinski definition) is 4. The summed E-state index contributed by atoms with van der Waals surface area (Å²) in [5.41, 5.74) is 2.59. The Bertz CT molecular complexity index is 885. The molecule has 122 valence electrons. The van der Waals surface area contributed by atoms with E-state index in [-0.39, 0.29) is 11.7 Å². The Morgan fingerprint density at radius 3 is 2.54 bits per heavy atom. The standard InChI is InChI=1S/C17H16FN5O/c18-13-3-1-2-4-16(13)22-7-9-23(10-8-22)17(24)12-5-6-14-15(11-12)20-21-19-14/h1-6,11H,7-10H2,(H,19,20,21). The molecule has 6 nitrogen and oxygen atoms in total. The van der Waals surface area contributed by atoms with Crippen molar-refractivity contribution in [1.29, 1.82) is 0 Å². The van der Waals surface area contributed by atoms with Gasteiger partial charge in [-0.3, -0.25) is 4.79 Å².